The van der Waals surface area contributed by atoms with E-state index in [-0.39, 0.29) is 30.2 Å². The summed E-state index contributed by atoms with van der Waals surface area (Å²) >= 11 is 0. The number of furan rings is 1. The van der Waals surface area contributed by atoms with Gasteiger partial charge in [-0.2, -0.15) is 0 Å². The molecule has 136 valence electrons. The van der Waals surface area contributed by atoms with Gasteiger partial charge in [0.1, 0.15) is 23.7 Å². The number of nitro benzene ring substituents is 1. The summed E-state index contributed by atoms with van der Waals surface area (Å²) in [6.45, 7) is 1.49. The van der Waals surface area contributed by atoms with Gasteiger partial charge in [0.05, 0.1) is 11.5 Å². The third-order valence-corrected chi connectivity index (χ3v) is 3.37. The number of methoxy groups -OCH3 is 1. The molecule has 0 fully saturated rings. The fourth-order valence-electron chi connectivity index (χ4n) is 2.10. The topological polar surface area (TPSA) is 109 Å². The average Bonchev–Trinajstić information content (AvgIpc) is 3.08. The van der Waals surface area contributed by atoms with Crippen LogP contribution in [0, 0.1) is 10.1 Å². The van der Waals surface area contributed by atoms with Crippen LogP contribution in [-0.4, -0.2) is 37.0 Å². The van der Waals surface area contributed by atoms with Crippen LogP contribution >= 0.6 is 0 Å². The highest BCUT2D eigenvalue weighted by Crippen LogP contribution is 2.26. The Balaban J connectivity index is 2.25. The smallest absolute Gasteiger partial charge is 0.341 e. The molecule has 0 atom stereocenters. The summed E-state index contributed by atoms with van der Waals surface area (Å²) in [6, 6.07) is 9.09. The second-order valence-corrected chi connectivity index (χ2v) is 5.25. The van der Waals surface area contributed by atoms with E-state index < -0.39 is 16.7 Å². The maximum Gasteiger partial charge on any atom is 0.341 e. The first-order chi connectivity index (χ1) is 12.4. The number of non-ortho nitro benzene ring substituents is 1. The van der Waals surface area contributed by atoms with Crippen molar-refractivity contribution in [3.63, 3.8) is 0 Å². The Bertz CT molecular complexity index is 851. The number of carbonyl (C=O) groups excluding carboxylic acids is 2. The first-order valence-electron chi connectivity index (χ1n) is 7.65. The number of hydrogen-bond acceptors (Lipinski definition) is 7. The Morgan fingerprint density at radius 1 is 1.23 bits per heavy atom. The molecule has 26 heavy (non-hydrogen) atoms. The van der Waals surface area contributed by atoms with Crippen molar-refractivity contribution in [2.75, 3.05) is 20.3 Å². The molecule has 0 N–H and O–H groups in total. The first-order valence-corrected chi connectivity index (χ1v) is 7.65. The van der Waals surface area contributed by atoms with Gasteiger partial charge in [-0.3, -0.25) is 14.9 Å². The lowest BCUT2D eigenvalue weighted by molar-refractivity contribution is -0.384. The van der Waals surface area contributed by atoms with Gasteiger partial charge in [0.15, 0.2) is 5.78 Å². The third-order valence-electron chi connectivity index (χ3n) is 3.37. The predicted molar refractivity (Wildman–Crippen MR) is 92.3 cm³/mol. The summed E-state index contributed by atoms with van der Waals surface area (Å²) in [5, 5.41) is 10.9. The molecule has 0 unspecified atom stereocenters. The van der Waals surface area contributed by atoms with Crippen LogP contribution in [0.2, 0.25) is 0 Å². The Labute approximate surface area is 149 Å². The van der Waals surface area contributed by atoms with Crippen molar-refractivity contribution in [3.8, 4) is 11.3 Å². The summed E-state index contributed by atoms with van der Waals surface area (Å²) in [6.07, 6.45) is 1.28. The molecular formula is C18H17NO7. The van der Waals surface area contributed by atoms with Gasteiger partial charge in [0, 0.05) is 24.8 Å². The molecule has 0 aliphatic heterocycles. The summed E-state index contributed by atoms with van der Waals surface area (Å²) in [5.74, 6) is -0.625. The molecule has 0 bridgehead atoms. The van der Waals surface area contributed by atoms with E-state index >= 15 is 0 Å². The molecule has 0 radical (unpaired) electrons. The van der Waals surface area contributed by atoms with Crippen LogP contribution in [0.1, 0.15) is 12.7 Å². The van der Waals surface area contributed by atoms with Gasteiger partial charge in [-0.1, -0.05) is 12.1 Å². The zero-order valence-electron chi connectivity index (χ0n) is 14.3. The summed E-state index contributed by atoms with van der Waals surface area (Å²) in [5.41, 5.74) is 0.272. The van der Waals surface area contributed by atoms with E-state index in [4.69, 9.17) is 13.9 Å². The number of hydrogen-bond donors (Lipinski definition) is 0. The van der Waals surface area contributed by atoms with Gasteiger partial charge in [0.25, 0.3) is 5.69 Å². The minimum Gasteiger partial charge on any atom is -0.460 e. The van der Waals surface area contributed by atoms with E-state index in [1.54, 1.807) is 24.3 Å². The van der Waals surface area contributed by atoms with Crippen molar-refractivity contribution in [2.45, 2.75) is 6.92 Å². The van der Waals surface area contributed by atoms with Gasteiger partial charge in [-0.25, -0.2) is 4.79 Å². The van der Waals surface area contributed by atoms with E-state index in [0.29, 0.717) is 11.3 Å². The second-order valence-electron chi connectivity index (χ2n) is 5.25. The minimum atomic E-state index is -0.775. The molecule has 2 aromatic rings. The van der Waals surface area contributed by atoms with E-state index in [1.165, 1.54) is 32.2 Å². The van der Waals surface area contributed by atoms with Crippen LogP contribution < -0.4 is 0 Å². The van der Waals surface area contributed by atoms with Crippen molar-refractivity contribution in [1.82, 2.24) is 0 Å². The molecule has 1 heterocycles. The standard InChI is InChI=1S/C18H17NO7/c1-12(20)16(18(21)25-9-8-24-2)11-15-6-7-17(26-15)13-4-3-5-14(10-13)19(22)23/h3-7,10-11H,8-9H2,1-2H3/b16-11+. The summed E-state index contributed by atoms with van der Waals surface area (Å²) in [4.78, 5) is 34.0. The monoisotopic (exact) mass is 359 g/mol. The lowest BCUT2D eigenvalue weighted by Crippen LogP contribution is -2.16. The van der Waals surface area contributed by atoms with Crippen molar-refractivity contribution in [2.24, 2.45) is 0 Å². The highest BCUT2D eigenvalue weighted by atomic mass is 16.6. The van der Waals surface area contributed by atoms with Gasteiger partial charge in [0.2, 0.25) is 0 Å². The molecule has 2 rings (SSSR count). The molecule has 1 aromatic carbocycles. The third kappa shape index (κ3) is 4.87. The SMILES string of the molecule is COCCOC(=O)/C(=C/c1ccc(-c2cccc([N+](=O)[O-])c2)o1)C(C)=O. The molecular weight excluding hydrogens is 342 g/mol. The van der Waals surface area contributed by atoms with Gasteiger partial charge in [-0.15, -0.1) is 0 Å². The van der Waals surface area contributed by atoms with Crippen LogP contribution in [0.4, 0.5) is 5.69 Å². The molecule has 1 aromatic heterocycles. The molecule has 0 spiro atoms. The Morgan fingerprint density at radius 3 is 2.65 bits per heavy atom. The number of benzene rings is 1. The fraction of sp³-hybridized carbons (Fsp3) is 0.222. The second kappa shape index (κ2) is 8.72. The number of rotatable bonds is 8. The van der Waals surface area contributed by atoms with Crippen molar-refractivity contribution in [1.29, 1.82) is 0 Å². The van der Waals surface area contributed by atoms with E-state index in [2.05, 4.69) is 0 Å². The Kier molecular flexibility index (Phi) is 6.40. The van der Waals surface area contributed by atoms with E-state index in [0.717, 1.165) is 0 Å². The molecule has 8 heteroatoms. The lowest BCUT2D eigenvalue weighted by atomic mass is 10.1. The summed E-state index contributed by atoms with van der Waals surface area (Å²) in [7, 11) is 1.47. The number of ether oxygens (including phenoxy) is 2. The maximum atomic E-state index is 12.0. The van der Waals surface area contributed by atoms with Crippen LogP contribution in [0.3, 0.4) is 0 Å². The van der Waals surface area contributed by atoms with E-state index in [9.17, 15) is 19.7 Å². The van der Waals surface area contributed by atoms with Crippen molar-refractivity contribution >= 4 is 23.5 Å². The quantitative estimate of drug-likeness (QED) is 0.135. The lowest BCUT2D eigenvalue weighted by Gasteiger charge is -2.05. The Morgan fingerprint density at radius 2 is 2.00 bits per heavy atom. The van der Waals surface area contributed by atoms with Crippen LogP contribution in [0.25, 0.3) is 17.4 Å². The number of nitrogens with zero attached hydrogens (tertiary/aromatic N) is 1. The van der Waals surface area contributed by atoms with Crippen molar-refractivity contribution < 1.29 is 28.4 Å². The van der Waals surface area contributed by atoms with Crippen molar-refractivity contribution in [3.05, 3.63) is 57.8 Å². The number of Topliss-reactive ketones (excluding diaryl/α,β-unsaturated/α-hetero) is 1. The molecule has 8 nitrogen and oxygen atoms in total. The molecule has 0 aliphatic rings. The van der Waals surface area contributed by atoms with Gasteiger partial charge in [-0.05, 0) is 25.1 Å². The van der Waals surface area contributed by atoms with Crippen LogP contribution in [-0.2, 0) is 19.1 Å². The predicted octanol–water partition coefficient (Wildman–Crippen LogP) is 3.02. The van der Waals surface area contributed by atoms with Crippen LogP contribution in [0.5, 0.6) is 0 Å². The minimum absolute atomic E-state index is 0.0248. The average molecular weight is 359 g/mol. The van der Waals surface area contributed by atoms with Crippen LogP contribution in [0.15, 0.2) is 46.4 Å². The zero-order valence-corrected chi connectivity index (χ0v) is 14.3. The number of nitro groups is 1. The zero-order chi connectivity index (χ0) is 19.1. The fourth-order valence-corrected chi connectivity index (χ4v) is 2.10. The summed E-state index contributed by atoms with van der Waals surface area (Å²) < 4.78 is 15.3. The first kappa shape index (κ1) is 19.1. The number of esters is 1. The normalized spacial score (nSPS) is 11.2. The highest BCUT2D eigenvalue weighted by molar-refractivity contribution is 6.19. The largest absolute Gasteiger partial charge is 0.460 e. The Hall–Kier alpha value is -3.26. The van der Waals surface area contributed by atoms with Gasteiger partial charge >= 0.3 is 5.97 Å². The number of carbonyl (C=O) groups is 2. The van der Waals surface area contributed by atoms with Gasteiger partial charge < -0.3 is 13.9 Å². The number of ketones is 1. The highest BCUT2D eigenvalue weighted by Gasteiger charge is 2.17. The molecule has 0 aliphatic carbocycles. The molecule has 0 amide bonds. The maximum absolute atomic E-state index is 12.0. The molecule has 0 saturated heterocycles. The van der Waals surface area contributed by atoms with E-state index in [1.807, 2.05) is 0 Å². The molecule has 0 saturated carbocycles.